The van der Waals surface area contributed by atoms with Crippen LogP contribution in [0.3, 0.4) is 0 Å². The molecule has 1 aromatic rings. The lowest BCUT2D eigenvalue weighted by atomic mass is 10.1. The SMILES string of the molecule is CNC(C)(C)C.O=C(O)c1ccc(C2CC2)c(OCC2CCCO2)n1. The first-order valence-corrected chi connectivity index (χ1v) is 8.97. The van der Waals surface area contributed by atoms with Gasteiger partial charge in [-0.1, -0.05) is 6.07 Å². The van der Waals surface area contributed by atoms with Crippen molar-refractivity contribution in [3.8, 4) is 5.88 Å². The summed E-state index contributed by atoms with van der Waals surface area (Å²) in [6, 6.07) is 3.38. The second-order valence-electron chi connectivity index (χ2n) is 7.62. The van der Waals surface area contributed by atoms with E-state index in [9.17, 15) is 4.79 Å². The van der Waals surface area contributed by atoms with Crippen molar-refractivity contribution in [2.75, 3.05) is 20.3 Å². The average Bonchev–Trinajstić information content (AvgIpc) is 3.28. The predicted octanol–water partition coefficient (Wildman–Crippen LogP) is 3.22. The molecule has 2 N–H and O–H groups in total. The molecule has 0 amide bonds. The number of aromatic nitrogens is 1. The third-order valence-electron chi connectivity index (χ3n) is 4.31. The third kappa shape index (κ3) is 6.63. The highest BCUT2D eigenvalue weighted by Gasteiger charge is 2.29. The fourth-order valence-corrected chi connectivity index (χ4v) is 2.34. The first-order chi connectivity index (χ1) is 11.8. The lowest BCUT2D eigenvalue weighted by Crippen LogP contribution is -2.31. The van der Waals surface area contributed by atoms with E-state index in [-0.39, 0.29) is 11.8 Å². The maximum absolute atomic E-state index is 11.0. The van der Waals surface area contributed by atoms with Crippen LogP contribution >= 0.6 is 0 Å². The Morgan fingerprint density at radius 1 is 1.36 bits per heavy atom. The van der Waals surface area contributed by atoms with Gasteiger partial charge in [0.15, 0.2) is 5.69 Å². The summed E-state index contributed by atoms with van der Waals surface area (Å²) in [5.41, 5.74) is 1.36. The highest BCUT2D eigenvalue weighted by Crippen LogP contribution is 2.43. The Morgan fingerprint density at radius 2 is 2.04 bits per heavy atom. The highest BCUT2D eigenvalue weighted by molar-refractivity contribution is 5.85. The van der Waals surface area contributed by atoms with Crippen LogP contribution in [-0.4, -0.2) is 48.0 Å². The zero-order valence-electron chi connectivity index (χ0n) is 15.7. The van der Waals surface area contributed by atoms with Gasteiger partial charge in [0.25, 0.3) is 0 Å². The Hall–Kier alpha value is -1.66. The summed E-state index contributed by atoms with van der Waals surface area (Å²) in [6.45, 7) is 7.63. The van der Waals surface area contributed by atoms with Crippen molar-refractivity contribution < 1.29 is 19.4 Å². The lowest BCUT2D eigenvalue weighted by molar-refractivity contribution is 0.0646. The maximum Gasteiger partial charge on any atom is 0.354 e. The van der Waals surface area contributed by atoms with E-state index in [0.717, 1.165) is 37.9 Å². The number of hydrogen-bond acceptors (Lipinski definition) is 5. The zero-order chi connectivity index (χ0) is 18.4. The molecule has 0 aromatic carbocycles. The number of nitrogens with zero attached hydrogens (tertiary/aromatic N) is 1. The Labute approximate surface area is 149 Å². The van der Waals surface area contributed by atoms with Gasteiger partial charge in [-0.05, 0) is 65.5 Å². The van der Waals surface area contributed by atoms with Gasteiger partial charge >= 0.3 is 5.97 Å². The molecule has 2 heterocycles. The monoisotopic (exact) mass is 350 g/mol. The second kappa shape index (κ2) is 8.63. The molecular weight excluding hydrogens is 320 g/mol. The van der Waals surface area contributed by atoms with Crippen LogP contribution in [0.1, 0.15) is 68.4 Å². The summed E-state index contributed by atoms with van der Waals surface area (Å²) in [6.07, 6.45) is 4.43. The average molecular weight is 350 g/mol. The smallest absolute Gasteiger partial charge is 0.354 e. The molecule has 6 heteroatoms. The van der Waals surface area contributed by atoms with Crippen molar-refractivity contribution >= 4 is 5.97 Å². The van der Waals surface area contributed by atoms with Crippen LogP contribution in [0, 0.1) is 0 Å². The van der Waals surface area contributed by atoms with Crippen LogP contribution in [0.2, 0.25) is 0 Å². The standard InChI is InChI=1S/C14H17NO4.C5H13N/c16-14(17)12-6-5-11(9-3-4-9)13(15-12)19-8-10-2-1-7-18-10;1-5(2,3)6-4/h5-6,9-10H,1-4,7-8H2,(H,16,17);6H,1-4H3. The van der Waals surface area contributed by atoms with Gasteiger partial charge in [-0.2, -0.15) is 0 Å². The number of aromatic carboxylic acids is 1. The van der Waals surface area contributed by atoms with Crippen molar-refractivity contribution in [2.45, 2.75) is 64.0 Å². The van der Waals surface area contributed by atoms with Crippen molar-refractivity contribution in [1.82, 2.24) is 10.3 Å². The largest absolute Gasteiger partial charge is 0.477 e. The van der Waals surface area contributed by atoms with Crippen molar-refractivity contribution in [2.24, 2.45) is 0 Å². The molecule has 1 saturated carbocycles. The molecule has 0 spiro atoms. The van der Waals surface area contributed by atoms with E-state index in [1.165, 1.54) is 0 Å². The van der Waals surface area contributed by atoms with Gasteiger partial charge in [-0.15, -0.1) is 0 Å². The first-order valence-electron chi connectivity index (χ1n) is 8.97. The topological polar surface area (TPSA) is 80.7 Å². The van der Waals surface area contributed by atoms with E-state index in [1.54, 1.807) is 6.07 Å². The minimum Gasteiger partial charge on any atom is -0.477 e. The van der Waals surface area contributed by atoms with Crippen LogP contribution in [-0.2, 0) is 4.74 Å². The van der Waals surface area contributed by atoms with Gasteiger partial charge in [0, 0.05) is 17.7 Å². The van der Waals surface area contributed by atoms with Crippen LogP contribution < -0.4 is 10.1 Å². The summed E-state index contributed by atoms with van der Waals surface area (Å²) in [7, 11) is 1.96. The number of carboxylic acid groups (broad SMARTS) is 1. The van der Waals surface area contributed by atoms with E-state index >= 15 is 0 Å². The van der Waals surface area contributed by atoms with Gasteiger partial charge in [-0.3, -0.25) is 0 Å². The summed E-state index contributed by atoms with van der Waals surface area (Å²) in [4.78, 5) is 15.1. The van der Waals surface area contributed by atoms with Crippen molar-refractivity contribution in [3.63, 3.8) is 0 Å². The second-order valence-corrected chi connectivity index (χ2v) is 7.62. The summed E-state index contributed by atoms with van der Waals surface area (Å²) >= 11 is 0. The van der Waals surface area contributed by atoms with E-state index in [2.05, 4.69) is 31.1 Å². The van der Waals surface area contributed by atoms with Crippen LogP contribution in [0.4, 0.5) is 0 Å². The number of ether oxygens (including phenoxy) is 2. The van der Waals surface area contributed by atoms with Crippen LogP contribution in [0.25, 0.3) is 0 Å². The molecule has 1 unspecified atom stereocenters. The highest BCUT2D eigenvalue weighted by atomic mass is 16.5. The lowest BCUT2D eigenvalue weighted by Gasteiger charge is -2.15. The first kappa shape index (κ1) is 19.7. The third-order valence-corrected chi connectivity index (χ3v) is 4.31. The molecule has 1 aliphatic heterocycles. The van der Waals surface area contributed by atoms with Crippen molar-refractivity contribution in [1.29, 1.82) is 0 Å². The molecule has 25 heavy (non-hydrogen) atoms. The molecule has 0 bridgehead atoms. The van der Waals surface area contributed by atoms with Gasteiger partial charge < -0.3 is 19.9 Å². The Bertz CT molecular complexity index is 573. The molecule has 2 aliphatic rings. The minimum absolute atomic E-state index is 0.0340. The van der Waals surface area contributed by atoms with Gasteiger partial charge in [0.2, 0.25) is 5.88 Å². The molecule has 1 aromatic heterocycles. The van der Waals surface area contributed by atoms with Crippen molar-refractivity contribution in [3.05, 3.63) is 23.4 Å². The number of hydrogen-bond donors (Lipinski definition) is 2. The molecule has 140 valence electrons. The van der Waals surface area contributed by atoms with Crippen LogP contribution in [0.15, 0.2) is 12.1 Å². The van der Waals surface area contributed by atoms with E-state index in [4.69, 9.17) is 14.6 Å². The van der Waals surface area contributed by atoms with E-state index in [0.29, 0.717) is 23.9 Å². The number of carbonyl (C=O) groups is 1. The van der Waals surface area contributed by atoms with E-state index in [1.807, 2.05) is 13.1 Å². The predicted molar refractivity (Wildman–Crippen MR) is 96.5 cm³/mol. The number of nitrogens with one attached hydrogen (secondary N) is 1. The number of rotatable bonds is 5. The normalized spacial score (nSPS) is 19.9. The molecule has 2 fully saturated rings. The number of carboxylic acids is 1. The molecule has 1 aliphatic carbocycles. The molecule has 1 atom stereocenters. The Kier molecular flexibility index (Phi) is 6.79. The molecule has 1 saturated heterocycles. The van der Waals surface area contributed by atoms with E-state index < -0.39 is 5.97 Å². The molecule has 6 nitrogen and oxygen atoms in total. The van der Waals surface area contributed by atoms with Gasteiger partial charge in [-0.25, -0.2) is 9.78 Å². The summed E-state index contributed by atoms with van der Waals surface area (Å²) in [5.74, 6) is -0.0722. The number of pyridine rings is 1. The fourth-order valence-electron chi connectivity index (χ4n) is 2.34. The Morgan fingerprint density at radius 3 is 2.52 bits per heavy atom. The summed E-state index contributed by atoms with van der Waals surface area (Å²) in [5, 5.41) is 12.1. The minimum atomic E-state index is -1.02. The molecule has 0 radical (unpaired) electrons. The summed E-state index contributed by atoms with van der Waals surface area (Å²) < 4.78 is 11.2. The van der Waals surface area contributed by atoms with Gasteiger partial charge in [0.1, 0.15) is 6.61 Å². The zero-order valence-corrected chi connectivity index (χ0v) is 15.7. The quantitative estimate of drug-likeness (QED) is 0.849. The fraction of sp³-hybridized carbons (Fsp3) is 0.684. The molecular formula is C19H30N2O4. The van der Waals surface area contributed by atoms with Crippen LogP contribution in [0.5, 0.6) is 5.88 Å². The molecule has 3 rings (SSSR count). The van der Waals surface area contributed by atoms with Gasteiger partial charge in [0.05, 0.1) is 6.10 Å². The Balaban J connectivity index is 0.000000326. The maximum atomic E-state index is 11.0.